The molecule has 0 amide bonds. The predicted octanol–water partition coefficient (Wildman–Crippen LogP) is 0.0834. The van der Waals surface area contributed by atoms with Crippen LogP contribution < -0.4 is 5.46 Å². The molecule has 1 rings (SSSR count). The van der Waals surface area contributed by atoms with E-state index in [4.69, 9.17) is 15.2 Å². The summed E-state index contributed by atoms with van der Waals surface area (Å²) in [4.78, 5) is 10.6. The van der Waals surface area contributed by atoms with E-state index in [0.717, 1.165) is 6.07 Å². The average molecular weight is 234 g/mol. The summed E-state index contributed by atoms with van der Waals surface area (Å²) >= 11 is 0. The van der Waals surface area contributed by atoms with Crippen molar-refractivity contribution in [2.75, 3.05) is 0 Å². The molecule has 0 fully saturated rings. The van der Waals surface area contributed by atoms with E-state index >= 15 is 0 Å². The highest BCUT2D eigenvalue weighted by Gasteiger charge is 2.32. The third-order valence-electron chi connectivity index (χ3n) is 1.89. The summed E-state index contributed by atoms with van der Waals surface area (Å²) in [5, 5.41) is 26.1. The number of carboxylic acid groups (broad SMARTS) is 1. The Bertz CT molecular complexity index is 416. The van der Waals surface area contributed by atoms with Gasteiger partial charge < -0.3 is 15.2 Å². The number of alkyl halides is 3. The first-order valence-corrected chi connectivity index (χ1v) is 4.04. The Morgan fingerprint density at radius 1 is 1.25 bits per heavy atom. The van der Waals surface area contributed by atoms with E-state index in [1.54, 1.807) is 0 Å². The van der Waals surface area contributed by atoms with Crippen molar-refractivity contribution in [3.8, 4) is 0 Å². The maximum Gasteiger partial charge on any atom is 0.489 e. The lowest BCUT2D eigenvalue weighted by atomic mass is 9.76. The Hall–Kier alpha value is -1.54. The molecule has 8 heteroatoms. The SMILES string of the molecule is O=C(O)c1cc(C(F)(F)F)ccc1B(O)O. The molecule has 0 saturated carbocycles. The molecule has 0 saturated heterocycles. The van der Waals surface area contributed by atoms with E-state index in [0.29, 0.717) is 12.1 Å². The van der Waals surface area contributed by atoms with Gasteiger partial charge in [0.05, 0.1) is 11.1 Å². The second-order valence-electron chi connectivity index (χ2n) is 2.98. The summed E-state index contributed by atoms with van der Waals surface area (Å²) in [5.41, 5.74) is -2.43. The molecule has 0 unspecified atom stereocenters. The first-order valence-electron chi connectivity index (χ1n) is 4.04. The second-order valence-corrected chi connectivity index (χ2v) is 2.98. The lowest BCUT2D eigenvalue weighted by Gasteiger charge is -2.10. The summed E-state index contributed by atoms with van der Waals surface area (Å²) in [6.45, 7) is 0. The fourth-order valence-corrected chi connectivity index (χ4v) is 1.14. The van der Waals surface area contributed by atoms with Gasteiger partial charge in [-0.2, -0.15) is 13.2 Å². The number of benzene rings is 1. The monoisotopic (exact) mass is 234 g/mol. The van der Waals surface area contributed by atoms with Crippen LogP contribution in [0, 0.1) is 0 Å². The Kier molecular flexibility index (Phi) is 3.25. The summed E-state index contributed by atoms with van der Waals surface area (Å²) in [7, 11) is -2.13. The smallest absolute Gasteiger partial charge is 0.478 e. The van der Waals surface area contributed by atoms with Crippen LogP contribution in [0.25, 0.3) is 0 Å². The normalized spacial score (nSPS) is 11.3. The van der Waals surface area contributed by atoms with Gasteiger partial charge >= 0.3 is 19.3 Å². The molecular formula is C8H6BF3O4. The van der Waals surface area contributed by atoms with Gasteiger partial charge in [0.1, 0.15) is 0 Å². The molecule has 86 valence electrons. The highest BCUT2D eigenvalue weighted by molar-refractivity contribution is 6.60. The number of halogens is 3. The van der Waals surface area contributed by atoms with Crippen molar-refractivity contribution in [1.82, 2.24) is 0 Å². The molecular weight excluding hydrogens is 228 g/mol. The molecule has 0 aromatic heterocycles. The van der Waals surface area contributed by atoms with Gasteiger partial charge in [-0.05, 0) is 11.5 Å². The van der Waals surface area contributed by atoms with Crippen molar-refractivity contribution in [3.05, 3.63) is 29.3 Å². The van der Waals surface area contributed by atoms with E-state index in [-0.39, 0.29) is 0 Å². The molecule has 0 aliphatic rings. The van der Waals surface area contributed by atoms with E-state index in [1.165, 1.54) is 0 Å². The van der Waals surface area contributed by atoms with Crippen LogP contribution in [-0.2, 0) is 6.18 Å². The highest BCUT2D eigenvalue weighted by Crippen LogP contribution is 2.29. The maximum atomic E-state index is 12.2. The molecule has 16 heavy (non-hydrogen) atoms. The summed E-state index contributed by atoms with van der Waals surface area (Å²) in [5.74, 6) is -1.66. The van der Waals surface area contributed by atoms with Crippen molar-refractivity contribution in [2.24, 2.45) is 0 Å². The van der Waals surface area contributed by atoms with Gasteiger partial charge in [0.25, 0.3) is 0 Å². The van der Waals surface area contributed by atoms with Crippen LogP contribution in [0.1, 0.15) is 15.9 Å². The van der Waals surface area contributed by atoms with Gasteiger partial charge in [-0.3, -0.25) is 0 Å². The standard InChI is InChI=1S/C8H6BF3O4/c10-8(11,12)4-1-2-6(9(15)16)5(3-4)7(13)14/h1-3,15-16H,(H,13,14). The number of carboxylic acids is 1. The second kappa shape index (κ2) is 4.15. The van der Waals surface area contributed by atoms with Crippen LogP contribution in [0.15, 0.2) is 18.2 Å². The van der Waals surface area contributed by atoms with Crippen LogP contribution in [0.2, 0.25) is 0 Å². The predicted molar refractivity (Wildman–Crippen MR) is 48.2 cm³/mol. The van der Waals surface area contributed by atoms with Gasteiger partial charge in [-0.15, -0.1) is 0 Å². The molecule has 0 atom stereocenters. The van der Waals surface area contributed by atoms with Crippen LogP contribution in [0.4, 0.5) is 13.2 Å². The quantitative estimate of drug-likeness (QED) is 0.633. The lowest BCUT2D eigenvalue weighted by molar-refractivity contribution is -0.137. The minimum atomic E-state index is -4.68. The molecule has 1 aromatic carbocycles. The van der Waals surface area contributed by atoms with E-state index in [2.05, 4.69) is 0 Å². The van der Waals surface area contributed by atoms with Crippen molar-refractivity contribution in [2.45, 2.75) is 6.18 Å². The van der Waals surface area contributed by atoms with Gasteiger partial charge in [0.2, 0.25) is 0 Å². The van der Waals surface area contributed by atoms with Crippen LogP contribution in [-0.4, -0.2) is 28.2 Å². The molecule has 0 aliphatic carbocycles. The number of carbonyl (C=O) groups is 1. The van der Waals surface area contributed by atoms with Crippen LogP contribution in [0.3, 0.4) is 0 Å². The number of rotatable bonds is 2. The first-order chi connectivity index (χ1) is 7.23. The summed E-state index contributed by atoms with van der Waals surface area (Å²) < 4.78 is 36.7. The zero-order valence-electron chi connectivity index (χ0n) is 7.69. The first kappa shape index (κ1) is 12.5. The topological polar surface area (TPSA) is 77.8 Å². The number of hydrogen-bond acceptors (Lipinski definition) is 3. The Morgan fingerprint density at radius 2 is 1.81 bits per heavy atom. The van der Waals surface area contributed by atoms with Gasteiger partial charge in [0.15, 0.2) is 0 Å². The van der Waals surface area contributed by atoms with E-state index in [1.807, 2.05) is 0 Å². The molecule has 1 aromatic rings. The molecule has 0 spiro atoms. The minimum Gasteiger partial charge on any atom is -0.478 e. The molecule has 0 aliphatic heterocycles. The molecule has 0 radical (unpaired) electrons. The van der Waals surface area contributed by atoms with Crippen molar-refractivity contribution in [3.63, 3.8) is 0 Å². The van der Waals surface area contributed by atoms with Crippen molar-refractivity contribution in [1.29, 1.82) is 0 Å². The fraction of sp³-hybridized carbons (Fsp3) is 0.125. The molecule has 0 bridgehead atoms. The number of hydrogen-bond donors (Lipinski definition) is 3. The number of aromatic carboxylic acids is 1. The molecule has 3 N–H and O–H groups in total. The van der Waals surface area contributed by atoms with Crippen LogP contribution in [0.5, 0.6) is 0 Å². The minimum absolute atomic E-state index is 0.358. The summed E-state index contributed by atoms with van der Waals surface area (Å²) in [6, 6.07) is 1.66. The maximum absolute atomic E-state index is 12.2. The van der Waals surface area contributed by atoms with Gasteiger partial charge in [-0.1, -0.05) is 12.1 Å². The Labute approximate surface area is 88.1 Å². The third-order valence-corrected chi connectivity index (χ3v) is 1.89. The Balaban J connectivity index is 3.34. The molecule has 0 heterocycles. The molecule has 4 nitrogen and oxygen atoms in total. The van der Waals surface area contributed by atoms with Gasteiger partial charge in [0, 0.05) is 0 Å². The average Bonchev–Trinajstić information content (AvgIpc) is 2.15. The van der Waals surface area contributed by atoms with Gasteiger partial charge in [-0.25, -0.2) is 4.79 Å². The Morgan fingerprint density at radius 3 is 2.19 bits per heavy atom. The lowest BCUT2D eigenvalue weighted by Crippen LogP contribution is -2.35. The van der Waals surface area contributed by atoms with E-state index in [9.17, 15) is 18.0 Å². The summed E-state index contributed by atoms with van der Waals surface area (Å²) in [6.07, 6.45) is -4.68. The fourth-order valence-electron chi connectivity index (χ4n) is 1.14. The van der Waals surface area contributed by atoms with Crippen molar-refractivity contribution >= 4 is 18.6 Å². The van der Waals surface area contributed by atoms with E-state index < -0.39 is 35.9 Å². The largest absolute Gasteiger partial charge is 0.489 e. The zero-order chi connectivity index (χ0) is 12.5. The zero-order valence-corrected chi connectivity index (χ0v) is 7.69. The highest BCUT2D eigenvalue weighted by atomic mass is 19.4. The third kappa shape index (κ3) is 2.53. The van der Waals surface area contributed by atoms with Crippen molar-refractivity contribution < 1.29 is 33.1 Å². The van der Waals surface area contributed by atoms with Crippen LogP contribution >= 0.6 is 0 Å².